The van der Waals surface area contributed by atoms with Gasteiger partial charge in [0.15, 0.2) is 0 Å². The van der Waals surface area contributed by atoms with Gasteiger partial charge in [-0.25, -0.2) is 0 Å². The molecule has 2 fully saturated rings. The van der Waals surface area contributed by atoms with Crippen molar-refractivity contribution in [1.29, 1.82) is 0 Å². The van der Waals surface area contributed by atoms with Crippen LogP contribution >= 0.6 is 0 Å². The standard InChI is InChI=1S/C8H13NO3/c1-11-7(10)6-8(4-9-6)2-3-12-5-8/h6,9H,2-5H2,1H3/t6-,8+/m0/s1. The molecular weight excluding hydrogens is 158 g/mol. The van der Waals surface area contributed by atoms with Crippen LogP contribution in [0, 0.1) is 5.41 Å². The lowest BCUT2D eigenvalue weighted by Crippen LogP contribution is -2.66. The lowest BCUT2D eigenvalue weighted by atomic mass is 9.73. The van der Waals surface area contributed by atoms with Crippen LogP contribution in [0.5, 0.6) is 0 Å². The van der Waals surface area contributed by atoms with E-state index in [2.05, 4.69) is 10.1 Å². The minimum Gasteiger partial charge on any atom is -0.468 e. The molecule has 0 aromatic carbocycles. The van der Waals surface area contributed by atoms with Crippen LogP contribution in [0.4, 0.5) is 0 Å². The quantitative estimate of drug-likeness (QED) is 0.542. The van der Waals surface area contributed by atoms with Crippen LogP contribution in [0.25, 0.3) is 0 Å². The summed E-state index contributed by atoms with van der Waals surface area (Å²) in [4.78, 5) is 11.2. The minimum atomic E-state index is -0.160. The van der Waals surface area contributed by atoms with Crippen molar-refractivity contribution in [2.24, 2.45) is 5.41 Å². The number of carbonyl (C=O) groups is 1. The second-order valence-corrected chi connectivity index (χ2v) is 3.50. The summed E-state index contributed by atoms with van der Waals surface area (Å²) in [5.41, 5.74) is 0.0487. The molecular formula is C8H13NO3. The monoisotopic (exact) mass is 171 g/mol. The highest BCUT2D eigenvalue weighted by atomic mass is 16.5. The van der Waals surface area contributed by atoms with Gasteiger partial charge in [-0.15, -0.1) is 0 Å². The predicted molar refractivity (Wildman–Crippen MR) is 41.7 cm³/mol. The van der Waals surface area contributed by atoms with Crippen LogP contribution in [0.1, 0.15) is 6.42 Å². The van der Waals surface area contributed by atoms with Crippen LogP contribution in [-0.2, 0) is 14.3 Å². The van der Waals surface area contributed by atoms with Crippen molar-refractivity contribution in [3.8, 4) is 0 Å². The van der Waals surface area contributed by atoms with Gasteiger partial charge in [0.1, 0.15) is 6.04 Å². The first-order valence-corrected chi connectivity index (χ1v) is 4.17. The zero-order valence-corrected chi connectivity index (χ0v) is 7.13. The van der Waals surface area contributed by atoms with Crippen LogP contribution < -0.4 is 5.32 Å². The van der Waals surface area contributed by atoms with E-state index in [4.69, 9.17) is 4.74 Å². The number of rotatable bonds is 1. The normalized spacial score (nSPS) is 39.6. The minimum absolute atomic E-state index is 0.0487. The molecule has 4 heteroatoms. The summed E-state index contributed by atoms with van der Waals surface area (Å²) in [6, 6.07) is -0.134. The number of methoxy groups -OCH3 is 1. The van der Waals surface area contributed by atoms with Gasteiger partial charge in [0.25, 0.3) is 0 Å². The van der Waals surface area contributed by atoms with Crippen LogP contribution in [0.3, 0.4) is 0 Å². The highest BCUT2D eigenvalue weighted by molar-refractivity contribution is 5.78. The molecule has 68 valence electrons. The topological polar surface area (TPSA) is 47.6 Å². The van der Waals surface area contributed by atoms with E-state index in [1.807, 2.05) is 0 Å². The Morgan fingerprint density at radius 2 is 2.58 bits per heavy atom. The molecule has 2 heterocycles. The largest absolute Gasteiger partial charge is 0.468 e. The van der Waals surface area contributed by atoms with E-state index < -0.39 is 0 Å². The van der Waals surface area contributed by atoms with Crippen molar-refractivity contribution < 1.29 is 14.3 Å². The number of carbonyl (C=O) groups excluding carboxylic acids is 1. The van der Waals surface area contributed by atoms with Crippen molar-refractivity contribution in [2.75, 3.05) is 26.9 Å². The summed E-state index contributed by atoms with van der Waals surface area (Å²) in [6.45, 7) is 2.35. The second-order valence-electron chi connectivity index (χ2n) is 3.50. The zero-order valence-electron chi connectivity index (χ0n) is 7.13. The molecule has 0 saturated carbocycles. The number of ether oxygens (including phenoxy) is 2. The second kappa shape index (κ2) is 2.71. The smallest absolute Gasteiger partial charge is 0.323 e. The number of hydrogen-bond acceptors (Lipinski definition) is 4. The van der Waals surface area contributed by atoms with E-state index >= 15 is 0 Å². The Labute approximate surface area is 71.2 Å². The number of nitrogens with one attached hydrogen (secondary N) is 1. The van der Waals surface area contributed by atoms with Gasteiger partial charge in [0, 0.05) is 18.6 Å². The fraction of sp³-hybridized carbons (Fsp3) is 0.875. The third-order valence-electron chi connectivity index (χ3n) is 2.84. The average molecular weight is 171 g/mol. The first-order valence-electron chi connectivity index (χ1n) is 4.17. The molecule has 0 radical (unpaired) electrons. The molecule has 0 aromatic rings. The number of esters is 1. The molecule has 0 aromatic heterocycles. The van der Waals surface area contributed by atoms with Gasteiger partial charge in [-0.2, -0.15) is 0 Å². The van der Waals surface area contributed by atoms with E-state index in [0.717, 1.165) is 19.6 Å². The summed E-state index contributed by atoms with van der Waals surface area (Å²) in [7, 11) is 1.42. The molecule has 2 atom stereocenters. The van der Waals surface area contributed by atoms with Gasteiger partial charge in [-0.05, 0) is 6.42 Å². The summed E-state index contributed by atoms with van der Waals surface area (Å²) < 4.78 is 9.96. The fourth-order valence-corrected chi connectivity index (χ4v) is 1.93. The molecule has 12 heavy (non-hydrogen) atoms. The molecule has 0 aliphatic carbocycles. The molecule has 1 N–H and O–H groups in total. The molecule has 4 nitrogen and oxygen atoms in total. The third kappa shape index (κ3) is 0.949. The average Bonchev–Trinajstić information content (AvgIpc) is 2.52. The maximum absolute atomic E-state index is 11.2. The predicted octanol–water partition coefficient (Wildman–Crippen LogP) is -0.462. The van der Waals surface area contributed by atoms with Crippen molar-refractivity contribution in [1.82, 2.24) is 5.32 Å². The van der Waals surface area contributed by atoms with Crippen molar-refractivity contribution in [3.05, 3.63) is 0 Å². The highest BCUT2D eigenvalue weighted by Crippen LogP contribution is 2.38. The molecule has 0 amide bonds. The fourth-order valence-electron chi connectivity index (χ4n) is 1.93. The first-order chi connectivity index (χ1) is 5.78. The van der Waals surface area contributed by atoms with E-state index in [9.17, 15) is 4.79 Å². The molecule has 2 rings (SSSR count). The summed E-state index contributed by atoms with van der Waals surface area (Å²) in [5, 5.41) is 3.07. The Morgan fingerprint density at radius 1 is 1.75 bits per heavy atom. The molecule has 2 aliphatic rings. The zero-order chi connectivity index (χ0) is 8.60. The molecule has 0 unspecified atom stereocenters. The van der Waals surface area contributed by atoms with Gasteiger partial charge in [-0.3, -0.25) is 4.79 Å². The summed E-state index contributed by atoms with van der Waals surface area (Å²) in [6.07, 6.45) is 0.972. The van der Waals surface area contributed by atoms with Crippen LogP contribution in [0.2, 0.25) is 0 Å². The van der Waals surface area contributed by atoms with Crippen LogP contribution in [-0.4, -0.2) is 38.9 Å². The van der Waals surface area contributed by atoms with E-state index in [1.54, 1.807) is 0 Å². The Bertz CT molecular complexity index is 198. The highest BCUT2D eigenvalue weighted by Gasteiger charge is 2.53. The van der Waals surface area contributed by atoms with Crippen molar-refractivity contribution >= 4 is 5.97 Å². The summed E-state index contributed by atoms with van der Waals surface area (Å²) in [5.74, 6) is -0.160. The van der Waals surface area contributed by atoms with E-state index in [0.29, 0.717) is 6.61 Å². The SMILES string of the molecule is COC(=O)[C@@H]1NC[C@@]12CCOC2. The summed E-state index contributed by atoms with van der Waals surface area (Å²) >= 11 is 0. The van der Waals surface area contributed by atoms with Crippen LogP contribution in [0.15, 0.2) is 0 Å². The van der Waals surface area contributed by atoms with Gasteiger partial charge in [-0.1, -0.05) is 0 Å². The van der Waals surface area contributed by atoms with Gasteiger partial charge in [0.05, 0.1) is 13.7 Å². The Kier molecular flexibility index (Phi) is 1.81. The molecule has 1 spiro atoms. The first kappa shape index (κ1) is 8.01. The van der Waals surface area contributed by atoms with E-state index in [-0.39, 0.29) is 17.4 Å². The lowest BCUT2D eigenvalue weighted by molar-refractivity contribution is -0.151. The van der Waals surface area contributed by atoms with Crippen molar-refractivity contribution in [3.63, 3.8) is 0 Å². The Balaban J connectivity index is 2.04. The lowest BCUT2D eigenvalue weighted by Gasteiger charge is -2.44. The maximum atomic E-state index is 11.2. The van der Waals surface area contributed by atoms with Gasteiger partial charge < -0.3 is 14.8 Å². The molecule has 2 saturated heterocycles. The van der Waals surface area contributed by atoms with Gasteiger partial charge in [0.2, 0.25) is 0 Å². The Hall–Kier alpha value is -0.610. The van der Waals surface area contributed by atoms with Gasteiger partial charge >= 0.3 is 5.97 Å². The third-order valence-corrected chi connectivity index (χ3v) is 2.84. The van der Waals surface area contributed by atoms with Crippen molar-refractivity contribution in [2.45, 2.75) is 12.5 Å². The molecule has 2 aliphatic heterocycles. The Morgan fingerprint density at radius 3 is 3.00 bits per heavy atom. The molecule has 0 bridgehead atoms. The maximum Gasteiger partial charge on any atom is 0.323 e. The van der Waals surface area contributed by atoms with E-state index in [1.165, 1.54) is 7.11 Å². The number of hydrogen-bond donors (Lipinski definition) is 1.